The summed E-state index contributed by atoms with van der Waals surface area (Å²) in [6.07, 6.45) is 0.139. The molecule has 21 heavy (non-hydrogen) atoms. The number of aryl methyl sites for hydroxylation is 2. The molecule has 0 atom stereocenters. The summed E-state index contributed by atoms with van der Waals surface area (Å²) in [6.45, 7) is 5.40. The van der Waals surface area contributed by atoms with Gasteiger partial charge in [-0.05, 0) is 31.5 Å². The van der Waals surface area contributed by atoms with Gasteiger partial charge in [0.15, 0.2) is 0 Å². The average molecular weight is 283 g/mol. The van der Waals surface area contributed by atoms with Crippen LogP contribution in [0.1, 0.15) is 23.1 Å². The average Bonchev–Trinajstić information content (AvgIpc) is 2.43. The minimum absolute atomic E-state index is 0.139. The highest BCUT2D eigenvalue weighted by molar-refractivity contribution is 5.67. The molecule has 0 aromatic heterocycles. The summed E-state index contributed by atoms with van der Waals surface area (Å²) >= 11 is 0. The maximum atomic E-state index is 10.9. The van der Waals surface area contributed by atoms with Gasteiger partial charge in [0.05, 0.1) is 6.42 Å². The van der Waals surface area contributed by atoms with Crippen LogP contribution in [0.25, 0.3) is 0 Å². The molecule has 3 nitrogen and oxygen atoms in total. The van der Waals surface area contributed by atoms with Crippen LogP contribution in [0.5, 0.6) is 0 Å². The van der Waals surface area contributed by atoms with Gasteiger partial charge in [-0.15, -0.1) is 0 Å². The van der Waals surface area contributed by atoms with Gasteiger partial charge in [0.2, 0.25) is 0 Å². The molecule has 0 unspecified atom stereocenters. The summed E-state index contributed by atoms with van der Waals surface area (Å²) in [6, 6.07) is 16.4. The molecule has 0 saturated carbocycles. The molecule has 110 valence electrons. The first-order chi connectivity index (χ1) is 10.0. The van der Waals surface area contributed by atoms with Gasteiger partial charge in [-0.2, -0.15) is 0 Å². The molecule has 0 fully saturated rings. The van der Waals surface area contributed by atoms with E-state index in [1.165, 1.54) is 16.7 Å². The number of hydrogen-bond acceptors (Lipinski definition) is 2. The van der Waals surface area contributed by atoms with Crippen molar-refractivity contribution in [2.75, 3.05) is 11.4 Å². The Labute approximate surface area is 125 Å². The summed E-state index contributed by atoms with van der Waals surface area (Å²) in [5, 5.41) is 8.94. The minimum Gasteiger partial charge on any atom is -0.481 e. The fraction of sp³-hybridized carbons (Fsp3) is 0.278. The first-order valence-electron chi connectivity index (χ1n) is 7.13. The standard InChI is InChI=1S/C18H21NO2/c1-14-10-15(2)12-16(11-14)13-19(9-8-18(20)21)17-6-4-3-5-7-17/h3-7,10-12H,8-9,13H2,1-2H3,(H,20,21). The number of carbonyl (C=O) groups is 1. The van der Waals surface area contributed by atoms with Crippen LogP contribution in [0.2, 0.25) is 0 Å². The van der Waals surface area contributed by atoms with Gasteiger partial charge in [-0.25, -0.2) is 0 Å². The SMILES string of the molecule is Cc1cc(C)cc(CN(CCC(=O)O)c2ccccc2)c1. The predicted octanol–water partition coefficient (Wildman–Crippen LogP) is 3.78. The van der Waals surface area contributed by atoms with Crippen molar-refractivity contribution in [1.82, 2.24) is 0 Å². The van der Waals surface area contributed by atoms with Gasteiger partial charge in [-0.1, -0.05) is 47.5 Å². The number of hydrogen-bond donors (Lipinski definition) is 1. The van der Waals surface area contributed by atoms with Crippen molar-refractivity contribution in [1.29, 1.82) is 0 Å². The van der Waals surface area contributed by atoms with E-state index in [9.17, 15) is 4.79 Å². The summed E-state index contributed by atoms with van der Waals surface area (Å²) in [5.74, 6) is -0.767. The van der Waals surface area contributed by atoms with Crippen LogP contribution < -0.4 is 4.90 Å². The molecule has 2 rings (SSSR count). The molecule has 0 aliphatic carbocycles. The van der Waals surface area contributed by atoms with E-state index in [1.807, 2.05) is 30.3 Å². The van der Waals surface area contributed by atoms with Gasteiger partial charge in [0, 0.05) is 18.8 Å². The van der Waals surface area contributed by atoms with Crippen LogP contribution in [-0.2, 0) is 11.3 Å². The number of aliphatic carboxylic acids is 1. The molecule has 0 spiro atoms. The number of rotatable bonds is 6. The summed E-state index contributed by atoms with van der Waals surface area (Å²) < 4.78 is 0. The van der Waals surface area contributed by atoms with E-state index in [4.69, 9.17) is 5.11 Å². The molecule has 0 saturated heterocycles. The largest absolute Gasteiger partial charge is 0.481 e. The normalized spacial score (nSPS) is 10.4. The molecule has 1 N–H and O–H groups in total. The first-order valence-corrected chi connectivity index (χ1v) is 7.13. The van der Waals surface area contributed by atoms with Gasteiger partial charge < -0.3 is 10.0 Å². The Balaban J connectivity index is 2.20. The topological polar surface area (TPSA) is 40.5 Å². The second-order valence-electron chi connectivity index (χ2n) is 5.40. The van der Waals surface area contributed by atoms with Crippen molar-refractivity contribution in [2.45, 2.75) is 26.8 Å². The fourth-order valence-electron chi connectivity index (χ4n) is 2.55. The third kappa shape index (κ3) is 4.63. The molecule has 0 aliphatic heterocycles. The van der Waals surface area contributed by atoms with Crippen molar-refractivity contribution in [3.05, 3.63) is 65.2 Å². The van der Waals surface area contributed by atoms with E-state index in [0.29, 0.717) is 6.54 Å². The lowest BCUT2D eigenvalue weighted by Crippen LogP contribution is -2.25. The first kappa shape index (κ1) is 15.1. The summed E-state index contributed by atoms with van der Waals surface area (Å²) in [5.41, 5.74) is 4.73. The summed E-state index contributed by atoms with van der Waals surface area (Å²) in [4.78, 5) is 13.0. The highest BCUT2D eigenvalue weighted by atomic mass is 16.4. The molecule has 0 radical (unpaired) electrons. The monoisotopic (exact) mass is 283 g/mol. The minimum atomic E-state index is -0.767. The summed E-state index contributed by atoms with van der Waals surface area (Å²) in [7, 11) is 0. The van der Waals surface area contributed by atoms with E-state index < -0.39 is 5.97 Å². The zero-order valence-corrected chi connectivity index (χ0v) is 12.5. The molecule has 0 amide bonds. The van der Waals surface area contributed by atoms with Crippen molar-refractivity contribution < 1.29 is 9.90 Å². The molecule has 2 aromatic rings. The van der Waals surface area contributed by atoms with Crippen LogP contribution in [0.15, 0.2) is 48.5 Å². The molecular weight excluding hydrogens is 262 g/mol. The number of carboxylic acid groups (broad SMARTS) is 1. The highest BCUT2D eigenvalue weighted by Gasteiger charge is 2.10. The van der Waals surface area contributed by atoms with Crippen molar-refractivity contribution in [3.8, 4) is 0 Å². The molecule has 0 aliphatic rings. The number of para-hydroxylation sites is 1. The quantitative estimate of drug-likeness (QED) is 0.877. The Morgan fingerprint density at radius 2 is 1.67 bits per heavy atom. The number of carboxylic acids is 1. The third-order valence-corrected chi connectivity index (χ3v) is 3.37. The number of anilines is 1. The van der Waals surface area contributed by atoms with E-state index >= 15 is 0 Å². The van der Waals surface area contributed by atoms with E-state index in [1.54, 1.807) is 0 Å². The van der Waals surface area contributed by atoms with Gasteiger partial charge >= 0.3 is 5.97 Å². The Morgan fingerprint density at radius 3 is 2.24 bits per heavy atom. The smallest absolute Gasteiger partial charge is 0.305 e. The number of nitrogens with zero attached hydrogens (tertiary/aromatic N) is 1. The van der Waals surface area contributed by atoms with Gasteiger partial charge in [0.1, 0.15) is 0 Å². The Morgan fingerprint density at radius 1 is 1.05 bits per heavy atom. The van der Waals surface area contributed by atoms with Crippen LogP contribution in [0.3, 0.4) is 0 Å². The lowest BCUT2D eigenvalue weighted by atomic mass is 10.1. The van der Waals surface area contributed by atoms with E-state index in [2.05, 4.69) is 36.9 Å². The third-order valence-electron chi connectivity index (χ3n) is 3.37. The van der Waals surface area contributed by atoms with Crippen LogP contribution in [0.4, 0.5) is 5.69 Å². The number of benzene rings is 2. The fourth-order valence-corrected chi connectivity index (χ4v) is 2.55. The molecule has 0 bridgehead atoms. The Hall–Kier alpha value is -2.29. The molecular formula is C18H21NO2. The maximum Gasteiger partial charge on any atom is 0.305 e. The molecule has 0 heterocycles. The van der Waals surface area contributed by atoms with Crippen molar-refractivity contribution >= 4 is 11.7 Å². The second kappa shape index (κ2) is 6.93. The Kier molecular flexibility index (Phi) is 4.99. The Bertz CT molecular complexity index is 588. The van der Waals surface area contributed by atoms with Crippen molar-refractivity contribution in [2.24, 2.45) is 0 Å². The van der Waals surface area contributed by atoms with E-state index in [-0.39, 0.29) is 6.42 Å². The lowest BCUT2D eigenvalue weighted by molar-refractivity contribution is -0.136. The zero-order valence-electron chi connectivity index (χ0n) is 12.5. The predicted molar refractivity (Wildman–Crippen MR) is 85.7 cm³/mol. The van der Waals surface area contributed by atoms with Crippen molar-refractivity contribution in [3.63, 3.8) is 0 Å². The lowest BCUT2D eigenvalue weighted by Gasteiger charge is -2.24. The zero-order chi connectivity index (χ0) is 15.2. The van der Waals surface area contributed by atoms with Crippen LogP contribution in [0, 0.1) is 13.8 Å². The van der Waals surface area contributed by atoms with Gasteiger partial charge in [0.25, 0.3) is 0 Å². The van der Waals surface area contributed by atoms with E-state index in [0.717, 1.165) is 12.2 Å². The molecule has 2 aromatic carbocycles. The highest BCUT2D eigenvalue weighted by Crippen LogP contribution is 2.18. The van der Waals surface area contributed by atoms with Crippen LogP contribution >= 0.6 is 0 Å². The second-order valence-corrected chi connectivity index (χ2v) is 5.40. The van der Waals surface area contributed by atoms with Gasteiger partial charge in [-0.3, -0.25) is 4.79 Å². The van der Waals surface area contributed by atoms with Crippen LogP contribution in [-0.4, -0.2) is 17.6 Å². The molecule has 3 heteroatoms. The maximum absolute atomic E-state index is 10.9.